The minimum atomic E-state index is -0.397. The molecule has 0 bridgehead atoms. The van der Waals surface area contributed by atoms with Crippen LogP contribution in [-0.4, -0.2) is 28.8 Å². The summed E-state index contributed by atoms with van der Waals surface area (Å²) < 4.78 is 15.5. The topological polar surface area (TPSA) is 50.2 Å². The van der Waals surface area contributed by atoms with Crippen LogP contribution in [0.15, 0.2) is 48.7 Å². The number of nitrogens with one attached hydrogen (secondary N) is 1. The number of amides is 1. The van der Waals surface area contributed by atoms with Crippen molar-refractivity contribution in [3.05, 3.63) is 70.8 Å². The number of piperidine rings is 1. The van der Waals surface area contributed by atoms with Gasteiger partial charge in [-0.3, -0.25) is 4.79 Å². The number of anilines is 2. The van der Waals surface area contributed by atoms with Gasteiger partial charge in [0.1, 0.15) is 11.5 Å². The third-order valence-corrected chi connectivity index (χ3v) is 5.54. The largest absolute Gasteiger partial charge is 0.370 e. The Hall–Kier alpha value is -2.86. The molecule has 2 aromatic carbocycles. The second-order valence-corrected chi connectivity index (χ2v) is 7.58. The lowest BCUT2D eigenvalue weighted by molar-refractivity contribution is 0.102. The highest BCUT2D eigenvalue weighted by molar-refractivity contribution is 6.33. The summed E-state index contributed by atoms with van der Waals surface area (Å²) in [7, 11) is 0. The smallest absolute Gasteiger partial charge is 0.259 e. The Kier molecular flexibility index (Phi) is 5.53. The van der Waals surface area contributed by atoms with Gasteiger partial charge in [0.15, 0.2) is 0 Å². The lowest BCUT2D eigenvalue weighted by atomic mass is 10.1. The summed E-state index contributed by atoms with van der Waals surface area (Å²) in [5.74, 6) is -0.711. The molecule has 29 heavy (non-hydrogen) atoms. The number of halogens is 2. The number of hydrogen-bond acceptors (Lipinski definition) is 3. The second kappa shape index (κ2) is 8.25. The summed E-state index contributed by atoms with van der Waals surface area (Å²) in [6, 6.07) is 11.9. The van der Waals surface area contributed by atoms with Crippen molar-refractivity contribution in [2.45, 2.75) is 26.2 Å². The van der Waals surface area contributed by atoms with Gasteiger partial charge in [0.25, 0.3) is 5.91 Å². The normalized spacial score (nSPS) is 14.1. The van der Waals surface area contributed by atoms with Gasteiger partial charge in [0.2, 0.25) is 0 Å². The zero-order chi connectivity index (χ0) is 20.4. The summed E-state index contributed by atoms with van der Waals surface area (Å²) in [6.45, 7) is 3.74. The van der Waals surface area contributed by atoms with Crippen molar-refractivity contribution >= 4 is 28.9 Å². The van der Waals surface area contributed by atoms with Crippen LogP contribution in [0.25, 0.3) is 5.69 Å². The Bertz CT molecular complexity index is 1040. The molecule has 1 aliphatic rings. The van der Waals surface area contributed by atoms with Crippen molar-refractivity contribution in [1.82, 2.24) is 9.78 Å². The summed E-state index contributed by atoms with van der Waals surface area (Å²) >= 11 is 6.47. The molecule has 5 nitrogen and oxygen atoms in total. The predicted octanol–water partition coefficient (Wildman–Crippen LogP) is 5.22. The Balaban J connectivity index is 1.53. The molecule has 1 amide bonds. The molecule has 0 saturated carbocycles. The lowest BCUT2D eigenvalue weighted by Gasteiger charge is -2.29. The van der Waals surface area contributed by atoms with Crippen LogP contribution >= 0.6 is 11.6 Å². The van der Waals surface area contributed by atoms with Crippen LogP contribution in [-0.2, 0) is 0 Å². The number of para-hydroxylation sites is 1. The molecule has 1 fully saturated rings. The van der Waals surface area contributed by atoms with Crippen molar-refractivity contribution < 1.29 is 9.18 Å². The maximum absolute atomic E-state index is 14.1. The monoisotopic (exact) mass is 412 g/mol. The van der Waals surface area contributed by atoms with Crippen molar-refractivity contribution in [2.75, 3.05) is 23.3 Å². The van der Waals surface area contributed by atoms with Gasteiger partial charge in [-0.05, 0) is 56.5 Å². The van der Waals surface area contributed by atoms with E-state index in [0.717, 1.165) is 18.8 Å². The molecular weight excluding hydrogens is 391 g/mol. The van der Waals surface area contributed by atoms with Gasteiger partial charge in [-0.15, -0.1) is 0 Å². The molecule has 1 N–H and O–H groups in total. The molecule has 0 radical (unpaired) electrons. The Morgan fingerprint density at radius 3 is 2.59 bits per heavy atom. The zero-order valence-corrected chi connectivity index (χ0v) is 16.9. The van der Waals surface area contributed by atoms with Crippen molar-refractivity contribution in [3.8, 4) is 5.69 Å². The first-order chi connectivity index (χ1) is 14.0. The van der Waals surface area contributed by atoms with Gasteiger partial charge >= 0.3 is 0 Å². The molecule has 7 heteroatoms. The summed E-state index contributed by atoms with van der Waals surface area (Å²) in [4.78, 5) is 15.0. The highest BCUT2D eigenvalue weighted by atomic mass is 35.5. The van der Waals surface area contributed by atoms with E-state index in [1.165, 1.54) is 36.2 Å². The van der Waals surface area contributed by atoms with Crippen molar-refractivity contribution in [1.29, 1.82) is 0 Å². The van der Waals surface area contributed by atoms with Gasteiger partial charge in [0, 0.05) is 18.8 Å². The van der Waals surface area contributed by atoms with Crippen LogP contribution in [0.5, 0.6) is 0 Å². The Labute approximate surface area is 174 Å². The molecule has 1 aromatic heterocycles. The van der Waals surface area contributed by atoms with Crippen LogP contribution < -0.4 is 10.2 Å². The summed E-state index contributed by atoms with van der Waals surface area (Å²) in [5.41, 5.74) is 2.85. The first-order valence-electron chi connectivity index (χ1n) is 9.70. The lowest BCUT2D eigenvalue weighted by Crippen LogP contribution is -2.29. The van der Waals surface area contributed by atoms with Crippen LogP contribution in [0.4, 0.5) is 15.8 Å². The quantitative estimate of drug-likeness (QED) is 0.639. The molecule has 0 aliphatic carbocycles. The molecule has 1 saturated heterocycles. The van der Waals surface area contributed by atoms with Gasteiger partial charge in [-0.2, -0.15) is 5.10 Å². The standard InChI is InChI=1S/C22H22ClFN4O/c1-15-17(14-25-28(15)21-8-4-3-7-19(21)24)22(29)26-16-9-10-20(18(23)13-16)27-11-5-2-6-12-27/h3-4,7-10,13-14H,2,5-6,11-12H2,1H3,(H,26,29). The minimum Gasteiger partial charge on any atom is -0.370 e. The first kappa shape index (κ1) is 19.5. The molecular formula is C22H22ClFN4O. The van der Waals surface area contributed by atoms with E-state index in [9.17, 15) is 9.18 Å². The van der Waals surface area contributed by atoms with Gasteiger partial charge in [0.05, 0.1) is 28.2 Å². The highest BCUT2D eigenvalue weighted by Crippen LogP contribution is 2.31. The third kappa shape index (κ3) is 3.98. The fourth-order valence-electron chi connectivity index (χ4n) is 3.67. The molecule has 0 unspecified atom stereocenters. The molecule has 2 heterocycles. The number of carbonyl (C=O) groups is 1. The van der Waals surface area contributed by atoms with Crippen LogP contribution in [0, 0.1) is 12.7 Å². The van der Waals surface area contributed by atoms with Crippen molar-refractivity contribution in [2.24, 2.45) is 0 Å². The highest BCUT2D eigenvalue weighted by Gasteiger charge is 2.18. The first-order valence-corrected chi connectivity index (χ1v) is 10.1. The zero-order valence-electron chi connectivity index (χ0n) is 16.2. The summed E-state index contributed by atoms with van der Waals surface area (Å²) in [6.07, 6.45) is 5.03. The second-order valence-electron chi connectivity index (χ2n) is 7.17. The number of benzene rings is 2. The molecule has 3 aromatic rings. The van der Waals surface area contributed by atoms with Crippen LogP contribution in [0.3, 0.4) is 0 Å². The number of aromatic nitrogens is 2. The molecule has 4 rings (SSSR count). The maximum atomic E-state index is 14.1. The number of nitrogens with zero attached hydrogens (tertiary/aromatic N) is 3. The van der Waals surface area contributed by atoms with Crippen LogP contribution in [0.1, 0.15) is 35.3 Å². The van der Waals surface area contributed by atoms with Gasteiger partial charge in [-0.25, -0.2) is 9.07 Å². The third-order valence-electron chi connectivity index (χ3n) is 5.24. The summed E-state index contributed by atoms with van der Waals surface area (Å²) in [5, 5.41) is 7.66. The number of rotatable bonds is 4. The van der Waals surface area contributed by atoms with E-state index in [4.69, 9.17) is 11.6 Å². The fourth-order valence-corrected chi connectivity index (χ4v) is 3.97. The SMILES string of the molecule is Cc1c(C(=O)Nc2ccc(N3CCCCC3)c(Cl)c2)cnn1-c1ccccc1F. The average molecular weight is 413 g/mol. The number of hydrogen-bond donors (Lipinski definition) is 1. The Morgan fingerprint density at radius 2 is 1.86 bits per heavy atom. The van der Waals surface area contributed by atoms with E-state index in [2.05, 4.69) is 15.3 Å². The molecule has 150 valence electrons. The van der Waals surface area contributed by atoms with Crippen molar-refractivity contribution in [3.63, 3.8) is 0 Å². The van der Waals surface area contributed by atoms with Gasteiger partial charge in [-0.1, -0.05) is 23.7 Å². The maximum Gasteiger partial charge on any atom is 0.259 e. The van der Waals surface area contributed by atoms with E-state index >= 15 is 0 Å². The Morgan fingerprint density at radius 1 is 1.10 bits per heavy atom. The van der Waals surface area contributed by atoms with Crippen LogP contribution in [0.2, 0.25) is 5.02 Å². The molecule has 1 aliphatic heterocycles. The predicted molar refractivity (Wildman–Crippen MR) is 114 cm³/mol. The minimum absolute atomic E-state index is 0.304. The molecule has 0 atom stereocenters. The van der Waals surface area contributed by atoms with Gasteiger partial charge < -0.3 is 10.2 Å². The van der Waals surface area contributed by atoms with E-state index in [0.29, 0.717) is 27.7 Å². The average Bonchev–Trinajstić information content (AvgIpc) is 3.10. The van der Waals surface area contributed by atoms with E-state index in [1.54, 1.807) is 31.2 Å². The van der Waals surface area contributed by atoms with E-state index in [1.807, 2.05) is 12.1 Å². The van der Waals surface area contributed by atoms with E-state index in [-0.39, 0.29) is 5.91 Å². The van der Waals surface area contributed by atoms with E-state index < -0.39 is 5.82 Å². The number of carbonyl (C=O) groups excluding carboxylic acids is 1. The molecule has 0 spiro atoms. The fraction of sp³-hybridized carbons (Fsp3) is 0.273.